The maximum Gasteiger partial charge on any atom is 0.170 e. The van der Waals surface area contributed by atoms with Crippen LogP contribution < -0.4 is 0 Å². The maximum atomic E-state index is 13.8. The minimum absolute atomic E-state index is 0.0242. The fraction of sp³-hybridized carbons (Fsp3) is 0.300. The second kappa shape index (κ2) is 7.23. The Morgan fingerprint density at radius 1 is 1.12 bits per heavy atom. The van der Waals surface area contributed by atoms with Gasteiger partial charge in [-0.05, 0) is 56.3 Å². The predicted molar refractivity (Wildman–Crippen MR) is 94.6 cm³/mol. The van der Waals surface area contributed by atoms with E-state index in [2.05, 4.69) is 4.99 Å². The van der Waals surface area contributed by atoms with E-state index in [0.29, 0.717) is 35.4 Å². The van der Waals surface area contributed by atoms with Crippen molar-refractivity contribution < 1.29 is 13.6 Å². The Bertz CT molecular complexity index is 844. The Balaban J connectivity index is 1.80. The van der Waals surface area contributed by atoms with Crippen LogP contribution in [0.5, 0.6) is 0 Å². The molecule has 3 rings (SSSR count). The lowest BCUT2D eigenvalue weighted by Crippen LogP contribution is -2.15. The first kappa shape index (κ1) is 17.4. The molecule has 1 heterocycles. The second-order valence-electron chi connectivity index (χ2n) is 6.58. The van der Waals surface area contributed by atoms with Gasteiger partial charge in [-0.2, -0.15) is 0 Å². The zero-order chi connectivity index (χ0) is 18.0. The number of rotatable bonds is 5. The van der Waals surface area contributed by atoms with Crippen molar-refractivity contribution in [1.82, 2.24) is 4.90 Å². The van der Waals surface area contributed by atoms with Gasteiger partial charge in [0.2, 0.25) is 0 Å². The summed E-state index contributed by atoms with van der Waals surface area (Å²) in [5, 5.41) is 0. The molecule has 2 aromatic carbocycles. The third kappa shape index (κ3) is 3.99. The normalized spacial score (nSPS) is 13.8. The first-order valence-electron chi connectivity index (χ1n) is 8.24. The lowest BCUT2D eigenvalue weighted by atomic mass is 9.95. The van der Waals surface area contributed by atoms with Crippen molar-refractivity contribution in [3.05, 3.63) is 64.7 Å². The van der Waals surface area contributed by atoms with Gasteiger partial charge in [-0.1, -0.05) is 18.2 Å². The second-order valence-corrected chi connectivity index (χ2v) is 6.58. The van der Waals surface area contributed by atoms with E-state index >= 15 is 0 Å². The number of hydrogen-bond acceptors (Lipinski definition) is 3. The van der Waals surface area contributed by atoms with Crippen molar-refractivity contribution in [3.63, 3.8) is 0 Å². The van der Waals surface area contributed by atoms with Gasteiger partial charge in [-0.25, -0.2) is 8.78 Å². The largest absolute Gasteiger partial charge is 0.305 e. The van der Waals surface area contributed by atoms with Crippen molar-refractivity contribution in [1.29, 1.82) is 0 Å². The number of Topliss-reactive ketones (excluding diaryl/α,β-unsaturated/α-hetero) is 1. The molecule has 1 aliphatic rings. The van der Waals surface area contributed by atoms with Gasteiger partial charge in [0.1, 0.15) is 0 Å². The Hall–Kier alpha value is -2.40. The molecule has 0 amide bonds. The SMILES string of the molecule is CN(C)Cc1ccc2c(c1)N=C(CCc1cccc(F)c1F)CC2=O. The highest BCUT2D eigenvalue weighted by Gasteiger charge is 2.20. The van der Waals surface area contributed by atoms with Crippen LogP contribution in [0.2, 0.25) is 0 Å². The molecule has 0 N–H and O–H groups in total. The summed E-state index contributed by atoms with van der Waals surface area (Å²) in [7, 11) is 3.96. The zero-order valence-corrected chi connectivity index (χ0v) is 14.4. The first-order valence-corrected chi connectivity index (χ1v) is 8.24. The number of carbonyl (C=O) groups is 1. The average Bonchev–Trinajstić information content (AvgIpc) is 2.55. The van der Waals surface area contributed by atoms with Crippen molar-refractivity contribution in [2.24, 2.45) is 4.99 Å². The topological polar surface area (TPSA) is 32.7 Å². The molecule has 1 aliphatic heterocycles. The number of benzene rings is 2. The molecule has 130 valence electrons. The summed E-state index contributed by atoms with van der Waals surface area (Å²) in [5.41, 5.74) is 3.40. The fourth-order valence-electron chi connectivity index (χ4n) is 3.02. The molecular weight excluding hydrogens is 322 g/mol. The quantitative estimate of drug-likeness (QED) is 0.811. The number of hydrogen-bond donors (Lipinski definition) is 0. The van der Waals surface area contributed by atoms with Crippen LogP contribution in [0.15, 0.2) is 41.4 Å². The smallest absolute Gasteiger partial charge is 0.170 e. The van der Waals surface area contributed by atoms with E-state index in [9.17, 15) is 13.6 Å². The molecule has 5 heteroatoms. The molecular formula is C20H20F2N2O. The monoisotopic (exact) mass is 342 g/mol. The molecule has 0 bridgehead atoms. The summed E-state index contributed by atoms with van der Waals surface area (Å²) in [5.74, 6) is -1.65. The highest BCUT2D eigenvalue weighted by atomic mass is 19.2. The molecule has 0 saturated carbocycles. The summed E-state index contributed by atoms with van der Waals surface area (Å²) < 4.78 is 27.0. The van der Waals surface area contributed by atoms with Gasteiger partial charge in [-0.3, -0.25) is 9.79 Å². The third-order valence-corrected chi connectivity index (χ3v) is 4.22. The van der Waals surface area contributed by atoms with Crippen LogP contribution in [-0.4, -0.2) is 30.5 Å². The van der Waals surface area contributed by atoms with Crippen LogP contribution >= 0.6 is 0 Å². The fourth-order valence-corrected chi connectivity index (χ4v) is 3.02. The van der Waals surface area contributed by atoms with Crippen molar-refractivity contribution >= 4 is 17.2 Å². The summed E-state index contributed by atoms with van der Waals surface area (Å²) >= 11 is 0. The van der Waals surface area contributed by atoms with E-state index in [1.54, 1.807) is 6.07 Å². The van der Waals surface area contributed by atoms with E-state index in [1.165, 1.54) is 6.07 Å². The number of aryl methyl sites for hydroxylation is 1. The molecule has 3 nitrogen and oxygen atoms in total. The number of ketones is 1. The van der Waals surface area contributed by atoms with Gasteiger partial charge < -0.3 is 4.90 Å². The lowest BCUT2D eigenvalue weighted by Gasteiger charge is -2.17. The predicted octanol–water partition coefficient (Wildman–Crippen LogP) is 4.32. The van der Waals surface area contributed by atoms with Crippen LogP contribution in [0.4, 0.5) is 14.5 Å². The summed E-state index contributed by atoms with van der Waals surface area (Å²) in [6.45, 7) is 0.765. The van der Waals surface area contributed by atoms with Crippen molar-refractivity contribution in [2.45, 2.75) is 25.8 Å². The molecule has 0 atom stereocenters. The van der Waals surface area contributed by atoms with E-state index in [0.717, 1.165) is 18.2 Å². The molecule has 0 aromatic heterocycles. The summed E-state index contributed by atoms with van der Waals surface area (Å²) in [6, 6.07) is 9.84. The molecule has 0 aliphatic carbocycles. The number of aliphatic imine (C=N–C) groups is 1. The number of nitrogens with zero attached hydrogens (tertiary/aromatic N) is 2. The Morgan fingerprint density at radius 3 is 2.68 bits per heavy atom. The van der Waals surface area contributed by atoms with Gasteiger partial charge in [0.15, 0.2) is 17.4 Å². The highest BCUT2D eigenvalue weighted by Crippen LogP contribution is 2.29. The van der Waals surface area contributed by atoms with Crippen LogP contribution in [0.1, 0.15) is 34.3 Å². The Kier molecular flexibility index (Phi) is 5.04. The average molecular weight is 342 g/mol. The molecule has 0 saturated heterocycles. The minimum atomic E-state index is -0.849. The Morgan fingerprint density at radius 2 is 1.92 bits per heavy atom. The van der Waals surface area contributed by atoms with Crippen LogP contribution in [0, 0.1) is 11.6 Å². The standard InChI is InChI=1S/C20H20F2N2O/c1-24(2)12-13-6-9-16-18(10-13)23-15(11-19(16)25)8-7-14-4-3-5-17(21)20(14)22/h3-6,9-10H,7-8,11-12H2,1-2H3. The van der Waals surface area contributed by atoms with E-state index in [-0.39, 0.29) is 12.2 Å². The Labute approximate surface area is 146 Å². The number of carbonyl (C=O) groups excluding carboxylic acids is 1. The summed E-state index contributed by atoms with van der Waals surface area (Å²) in [4.78, 5) is 19.0. The van der Waals surface area contributed by atoms with E-state index in [4.69, 9.17) is 0 Å². The minimum Gasteiger partial charge on any atom is -0.305 e. The lowest BCUT2D eigenvalue weighted by molar-refractivity contribution is 0.0999. The molecule has 25 heavy (non-hydrogen) atoms. The van der Waals surface area contributed by atoms with Crippen LogP contribution in [0.25, 0.3) is 0 Å². The molecule has 0 spiro atoms. The summed E-state index contributed by atoms with van der Waals surface area (Å²) in [6.07, 6.45) is 0.989. The van der Waals surface area contributed by atoms with E-state index < -0.39 is 11.6 Å². The van der Waals surface area contributed by atoms with Gasteiger partial charge in [0, 0.05) is 24.2 Å². The van der Waals surface area contributed by atoms with Gasteiger partial charge in [0.25, 0.3) is 0 Å². The number of fused-ring (bicyclic) bond motifs is 1. The van der Waals surface area contributed by atoms with Crippen molar-refractivity contribution in [2.75, 3.05) is 14.1 Å². The van der Waals surface area contributed by atoms with Gasteiger partial charge in [0.05, 0.1) is 5.69 Å². The molecule has 0 radical (unpaired) electrons. The molecule has 0 unspecified atom stereocenters. The zero-order valence-electron chi connectivity index (χ0n) is 14.4. The number of halogens is 2. The maximum absolute atomic E-state index is 13.8. The highest BCUT2D eigenvalue weighted by molar-refractivity contribution is 6.15. The third-order valence-electron chi connectivity index (χ3n) is 4.22. The van der Waals surface area contributed by atoms with Crippen LogP contribution in [0.3, 0.4) is 0 Å². The van der Waals surface area contributed by atoms with Gasteiger partial charge >= 0.3 is 0 Å². The first-order chi connectivity index (χ1) is 11.9. The molecule has 0 fully saturated rings. The van der Waals surface area contributed by atoms with Crippen LogP contribution in [-0.2, 0) is 13.0 Å². The van der Waals surface area contributed by atoms with Crippen molar-refractivity contribution in [3.8, 4) is 0 Å². The molecule has 2 aromatic rings. The van der Waals surface area contributed by atoms with Gasteiger partial charge in [-0.15, -0.1) is 0 Å². The van der Waals surface area contributed by atoms with E-state index in [1.807, 2.05) is 37.2 Å².